The number of hydrogen-bond acceptors (Lipinski definition) is 3. The average Bonchev–Trinajstić information content (AvgIpc) is 3.24. The highest BCUT2D eigenvalue weighted by Gasteiger charge is 2.25. The fourth-order valence-corrected chi connectivity index (χ4v) is 3.49. The van der Waals surface area contributed by atoms with E-state index < -0.39 is 17.7 Å². The van der Waals surface area contributed by atoms with Gasteiger partial charge in [0.05, 0.1) is 22.8 Å². The lowest BCUT2D eigenvalue weighted by Crippen LogP contribution is -2.21. The van der Waals surface area contributed by atoms with E-state index >= 15 is 4.39 Å². The first-order chi connectivity index (χ1) is 16.1. The highest BCUT2D eigenvalue weighted by Crippen LogP contribution is 2.36. The Morgan fingerprint density at radius 3 is 2.38 bits per heavy atom. The third-order valence-electron chi connectivity index (χ3n) is 5.06. The summed E-state index contributed by atoms with van der Waals surface area (Å²) in [5, 5.41) is 4.98. The lowest BCUT2D eigenvalue weighted by Gasteiger charge is -2.14. The zero-order chi connectivity index (χ0) is 24.5. The quantitative estimate of drug-likeness (QED) is 0.293. The third kappa shape index (κ3) is 4.92. The summed E-state index contributed by atoms with van der Waals surface area (Å²) in [6.45, 7) is 6.00. The van der Waals surface area contributed by atoms with E-state index in [0.29, 0.717) is 17.2 Å². The number of nitrogens with zero attached hydrogens (tertiary/aromatic N) is 2. The lowest BCUT2D eigenvalue weighted by atomic mass is 9.96. The number of carbonyl (C=O) groups excluding carboxylic acids is 1. The van der Waals surface area contributed by atoms with Gasteiger partial charge in [0.1, 0.15) is 11.6 Å². The molecule has 174 valence electrons. The van der Waals surface area contributed by atoms with Crippen molar-refractivity contribution < 1.29 is 13.6 Å². The fourth-order valence-electron chi connectivity index (χ4n) is 3.33. The molecule has 34 heavy (non-hydrogen) atoms. The van der Waals surface area contributed by atoms with E-state index in [1.165, 1.54) is 18.2 Å². The minimum Gasteiger partial charge on any atom is -0.341 e. The maximum absolute atomic E-state index is 15.6. The number of aromatic nitrogens is 3. The molecule has 0 aliphatic rings. The fraction of sp³-hybridized carbons (Fsp3) is 0.160. The number of rotatable bonds is 4. The molecule has 0 saturated carbocycles. The van der Waals surface area contributed by atoms with Gasteiger partial charge in [-0.3, -0.25) is 4.98 Å². The average molecular weight is 482 g/mol. The minimum absolute atomic E-state index is 0.0784. The van der Waals surface area contributed by atoms with E-state index in [-0.39, 0.29) is 27.4 Å². The van der Waals surface area contributed by atoms with Crippen molar-refractivity contribution in [2.24, 2.45) is 0 Å². The van der Waals surface area contributed by atoms with E-state index in [4.69, 9.17) is 16.6 Å². The Kier molecular flexibility index (Phi) is 6.34. The van der Waals surface area contributed by atoms with Crippen molar-refractivity contribution >= 4 is 29.0 Å². The van der Waals surface area contributed by atoms with Crippen LogP contribution in [0.2, 0.25) is 5.02 Å². The molecule has 0 saturated heterocycles. The van der Waals surface area contributed by atoms with Crippen LogP contribution < -0.4 is 10.6 Å². The van der Waals surface area contributed by atoms with Crippen LogP contribution in [0.25, 0.3) is 22.5 Å². The van der Waals surface area contributed by atoms with Crippen molar-refractivity contribution in [3.8, 4) is 22.5 Å². The van der Waals surface area contributed by atoms with Crippen LogP contribution in [0.5, 0.6) is 0 Å². The predicted molar refractivity (Wildman–Crippen MR) is 130 cm³/mol. The molecule has 0 unspecified atom stereocenters. The van der Waals surface area contributed by atoms with E-state index in [1.807, 2.05) is 20.8 Å². The largest absolute Gasteiger partial charge is 0.341 e. The summed E-state index contributed by atoms with van der Waals surface area (Å²) in [6.07, 6.45) is 3.29. The van der Waals surface area contributed by atoms with Crippen LogP contribution in [0.15, 0.2) is 60.9 Å². The number of benzene rings is 2. The number of imidazole rings is 1. The van der Waals surface area contributed by atoms with Gasteiger partial charge in [-0.15, -0.1) is 0 Å². The molecule has 0 atom stereocenters. The maximum Gasteiger partial charge on any atom is 0.323 e. The van der Waals surface area contributed by atoms with Crippen LogP contribution in [0.3, 0.4) is 0 Å². The Morgan fingerprint density at radius 1 is 1.00 bits per heavy atom. The third-order valence-corrected chi connectivity index (χ3v) is 5.30. The number of nitrogens with one attached hydrogen (secondary N) is 3. The van der Waals surface area contributed by atoms with Crippen LogP contribution in [0.1, 0.15) is 26.6 Å². The summed E-state index contributed by atoms with van der Waals surface area (Å²) in [5.74, 6) is -0.690. The number of aromatic amines is 1. The van der Waals surface area contributed by atoms with Crippen molar-refractivity contribution in [1.29, 1.82) is 0 Å². The van der Waals surface area contributed by atoms with Gasteiger partial charge in [0.25, 0.3) is 0 Å². The molecule has 2 aromatic carbocycles. The van der Waals surface area contributed by atoms with Crippen molar-refractivity contribution in [2.75, 3.05) is 10.6 Å². The first-order valence-electron chi connectivity index (χ1n) is 10.5. The molecule has 0 aliphatic heterocycles. The molecule has 0 fully saturated rings. The number of anilines is 2. The summed E-state index contributed by atoms with van der Waals surface area (Å²) < 4.78 is 29.6. The highest BCUT2D eigenvalue weighted by molar-refractivity contribution is 6.30. The molecule has 2 aromatic heterocycles. The van der Waals surface area contributed by atoms with E-state index in [1.54, 1.807) is 36.7 Å². The van der Waals surface area contributed by atoms with E-state index in [0.717, 1.165) is 11.6 Å². The smallest absolute Gasteiger partial charge is 0.323 e. The normalized spacial score (nSPS) is 11.4. The van der Waals surface area contributed by atoms with Crippen molar-refractivity contribution in [3.63, 3.8) is 0 Å². The van der Waals surface area contributed by atoms with Crippen molar-refractivity contribution in [3.05, 3.63) is 83.4 Å². The number of pyridine rings is 1. The van der Waals surface area contributed by atoms with E-state index in [9.17, 15) is 9.18 Å². The molecule has 0 bridgehead atoms. The molecule has 2 amide bonds. The van der Waals surface area contributed by atoms with Gasteiger partial charge in [0.2, 0.25) is 0 Å². The van der Waals surface area contributed by atoms with Gasteiger partial charge in [0.15, 0.2) is 5.82 Å². The zero-order valence-corrected chi connectivity index (χ0v) is 19.5. The maximum atomic E-state index is 15.6. The molecule has 0 radical (unpaired) electrons. The summed E-state index contributed by atoms with van der Waals surface area (Å²) in [7, 11) is 0. The van der Waals surface area contributed by atoms with Gasteiger partial charge in [0, 0.05) is 34.0 Å². The Bertz CT molecular complexity index is 1350. The Morgan fingerprint density at radius 2 is 1.71 bits per heavy atom. The number of hydrogen-bond donors (Lipinski definition) is 3. The number of urea groups is 1. The van der Waals surface area contributed by atoms with Gasteiger partial charge in [-0.2, -0.15) is 0 Å². The van der Waals surface area contributed by atoms with E-state index in [2.05, 4.69) is 20.6 Å². The molecule has 9 heteroatoms. The second-order valence-corrected chi connectivity index (χ2v) is 9.10. The standard InChI is InChI=1S/C25H22ClF2N5O/c1-25(2,3)23-32-21(14-9-11-29-12-10-14)22(33-23)16-5-4-6-19(20(16)28)31-24(34)30-18-8-7-15(26)13-17(18)27/h4-13H,1-3H3,(H,32,33)(H2,30,31,34). The molecular formula is C25H22ClF2N5O. The number of halogens is 3. The molecular weight excluding hydrogens is 460 g/mol. The van der Waals surface area contributed by atoms with Gasteiger partial charge >= 0.3 is 6.03 Å². The summed E-state index contributed by atoms with van der Waals surface area (Å²) >= 11 is 5.74. The van der Waals surface area contributed by atoms with Crippen LogP contribution in [-0.4, -0.2) is 21.0 Å². The molecule has 6 nitrogen and oxygen atoms in total. The molecule has 0 spiro atoms. The lowest BCUT2D eigenvalue weighted by molar-refractivity contribution is 0.262. The zero-order valence-electron chi connectivity index (χ0n) is 18.7. The first kappa shape index (κ1) is 23.4. The Hall–Kier alpha value is -3.78. The van der Waals surface area contributed by atoms with Gasteiger partial charge in [-0.1, -0.05) is 38.4 Å². The minimum atomic E-state index is -0.802. The SMILES string of the molecule is CC(C)(C)c1nc(-c2cccc(NC(=O)Nc3ccc(Cl)cc3F)c2F)c(-c2ccncc2)[nH]1. The summed E-state index contributed by atoms with van der Waals surface area (Å²) in [6, 6.07) is 11.3. The molecule has 0 aliphatic carbocycles. The topological polar surface area (TPSA) is 82.7 Å². The molecule has 4 aromatic rings. The first-order valence-corrected chi connectivity index (χ1v) is 10.8. The predicted octanol–water partition coefficient (Wildman–Crippen LogP) is 7.01. The van der Waals surface area contributed by atoms with Gasteiger partial charge in [-0.05, 0) is 42.5 Å². The van der Waals surface area contributed by atoms with Gasteiger partial charge in [-0.25, -0.2) is 18.6 Å². The second-order valence-electron chi connectivity index (χ2n) is 8.67. The number of carbonyl (C=O) groups is 1. The summed E-state index contributed by atoms with van der Waals surface area (Å²) in [4.78, 5) is 24.5. The second kappa shape index (κ2) is 9.23. The van der Waals surface area contributed by atoms with Crippen LogP contribution in [0, 0.1) is 11.6 Å². The Labute approximate surface area is 200 Å². The van der Waals surface area contributed by atoms with Crippen molar-refractivity contribution in [1.82, 2.24) is 15.0 Å². The van der Waals surface area contributed by atoms with Crippen LogP contribution >= 0.6 is 11.6 Å². The van der Waals surface area contributed by atoms with Gasteiger partial charge < -0.3 is 15.6 Å². The molecule has 3 N–H and O–H groups in total. The molecule has 2 heterocycles. The highest BCUT2D eigenvalue weighted by atomic mass is 35.5. The summed E-state index contributed by atoms with van der Waals surface area (Å²) in [5.41, 5.74) is 1.56. The Balaban J connectivity index is 1.69. The molecule has 4 rings (SSSR count). The van der Waals surface area contributed by atoms with Crippen LogP contribution in [0.4, 0.5) is 25.0 Å². The number of amides is 2. The van der Waals surface area contributed by atoms with Crippen molar-refractivity contribution in [2.45, 2.75) is 26.2 Å². The van der Waals surface area contributed by atoms with Crippen LogP contribution in [-0.2, 0) is 5.41 Å². The monoisotopic (exact) mass is 481 g/mol. The number of H-pyrrole nitrogens is 1.